The normalized spacial score (nSPS) is 10.9. The molecule has 0 fully saturated rings. The van der Waals surface area contributed by atoms with Crippen molar-refractivity contribution in [1.29, 1.82) is 0 Å². The molecule has 2 aromatic carbocycles. The van der Waals surface area contributed by atoms with Crippen molar-refractivity contribution in [2.24, 2.45) is 0 Å². The number of aliphatic hydroxyl groups is 1. The van der Waals surface area contributed by atoms with E-state index in [0.29, 0.717) is 11.6 Å². The van der Waals surface area contributed by atoms with Crippen LogP contribution in [0.2, 0.25) is 5.02 Å². The van der Waals surface area contributed by atoms with Crippen molar-refractivity contribution in [3.63, 3.8) is 0 Å². The Balaban J connectivity index is 2.30. The van der Waals surface area contributed by atoms with Gasteiger partial charge in [0.1, 0.15) is 5.82 Å². The number of aromatic nitrogens is 1. The largest absolute Gasteiger partial charge is 0.395 e. The van der Waals surface area contributed by atoms with E-state index in [9.17, 15) is 0 Å². The van der Waals surface area contributed by atoms with Crippen molar-refractivity contribution in [2.45, 2.75) is 6.92 Å². The van der Waals surface area contributed by atoms with Crippen molar-refractivity contribution >= 4 is 28.3 Å². The molecule has 0 saturated carbocycles. The van der Waals surface area contributed by atoms with Crippen molar-refractivity contribution in [3.8, 4) is 11.1 Å². The summed E-state index contributed by atoms with van der Waals surface area (Å²) in [5.41, 5.74) is 4.18. The summed E-state index contributed by atoms with van der Waals surface area (Å²) >= 11 is 6.18. The van der Waals surface area contributed by atoms with Gasteiger partial charge in [-0.15, -0.1) is 0 Å². The highest BCUT2D eigenvalue weighted by Crippen LogP contribution is 2.35. The quantitative estimate of drug-likeness (QED) is 0.756. The SMILES string of the molecule is Cc1c(NCCO)nc2ccc(Cl)cc2c1-c1ccccc1. The molecule has 0 amide bonds. The number of pyridine rings is 1. The van der Waals surface area contributed by atoms with Crippen LogP contribution in [-0.2, 0) is 0 Å². The number of aliphatic hydroxyl groups excluding tert-OH is 1. The van der Waals surface area contributed by atoms with E-state index < -0.39 is 0 Å². The second-order valence-corrected chi connectivity index (χ2v) is 5.57. The molecule has 1 aromatic heterocycles. The highest BCUT2D eigenvalue weighted by molar-refractivity contribution is 6.31. The van der Waals surface area contributed by atoms with Gasteiger partial charge in [0, 0.05) is 17.0 Å². The van der Waals surface area contributed by atoms with Crippen molar-refractivity contribution in [2.75, 3.05) is 18.5 Å². The van der Waals surface area contributed by atoms with Crippen LogP contribution < -0.4 is 5.32 Å². The maximum Gasteiger partial charge on any atom is 0.130 e. The molecule has 0 saturated heterocycles. The molecule has 0 unspecified atom stereocenters. The lowest BCUT2D eigenvalue weighted by Gasteiger charge is -2.16. The topological polar surface area (TPSA) is 45.1 Å². The predicted octanol–water partition coefficient (Wildman–Crippen LogP) is 4.27. The Bertz CT molecular complexity index is 803. The van der Waals surface area contributed by atoms with Gasteiger partial charge in [-0.25, -0.2) is 4.98 Å². The second-order valence-electron chi connectivity index (χ2n) is 5.14. The van der Waals surface area contributed by atoms with Crippen LogP contribution in [0.15, 0.2) is 48.5 Å². The van der Waals surface area contributed by atoms with E-state index in [4.69, 9.17) is 16.7 Å². The van der Waals surface area contributed by atoms with Crippen LogP contribution in [0.4, 0.5) is 5.82 Å². The van der Waals surface area contributed by atoms with Crippen LogP contribution >= 0.6 is 11.6 Å². The molecule has 3 rings (SSSR count). The third kappa shape index (κ3) is 2.78. The summed E-state index contributed by atoms with van der Waals surface area (Å²) in [7, 11) is 0. The van der Waals surface area contributed by atoms with Crippen LogP contribution in [0.1, 0.15) is 5.56 Å². The Labute approximate surface area is 134 Å². The third-order valence-corrected chi connectivity index (χ3v) is 3.89. The van der Waals surface area contributed by atoms with Gasteiger partial charge in [-0.3, -0.25) is 0 Å². The molecule has 22 heavy (non-hydrogen) atoms. The zero-order valence-electron chi connectivity index (χ0n) is 12.3. The van der Waals surface area contributed by atoms with E-state index in [0.717, 1.165) is 33.4 Å². The zero-order chi connectivity index (χ0) is 15.5. The second kappa shape index (κ2) is 6.34. The number of halogens is 1. The maximum atomic E-state index is 9.05. The molecule has 0 bridgehead atoms. The molecule has 3 aromatic rings. The monoisotopic (exact) mass is 312 g/mol. The van der Waals surface area contributed by atoms with Crippen molar-refractivity contribution in [1.82, 2.24) is 4.98 Å². The lowest BCUT2D eigenvalue weighted by molar-refractivity contribution is 0.311. The van der Waals surface area contributed by atoms with Gasteiger partial charge in [0.2, 0.25) is 0 Å². The summed E-state index contributed by atoms with van der Waals surface area (Å²) in [5.74, 6) is 0.794. The fourth-order valence-corrected chi connectivity index (χ4v) is 2.83. The first kappa shape index (κ1) is 14.8. The van der Waals surface area contributed by atoms with Gasteiger partial charge in [0.15, 0.2) is 0 Å². The smallest absolute Gasteiger partial charge is 0.130 e. The fourth-order valence-electron chi connectivity index (χ4n) is 2.65. The maximum absolute atomic E-state index is 9.05. The van der Waals surface area contributed by atoms with Gasteiger partial charge in [-0.2, -0.15) is 0 Å². The highest BCUT2D eigenvalue weighted by Gasteiger charge is 2.13. The number of anilines is 1. The number of rotatable bonds is 4. The van der Waals surface area contributed by atoms with E-state index in [2.05, 4.69) is 22.4 Å². The van der Waals surface area contributed by atoms with E-state index in [1.54, 1.807) is 0 Å². The van der Waals surface area contributed by atoms with Crippen LogP contribution in [0.3, 0.4) is 0 Å². The average molecular weight is 313 g/mol. The number of hydrogen-bond acceptors (Lipinski definition) is 3. The molecule has 2 N–H and O–H groups in total. The summed E-state index contributed by atoms with van der Waals surface area (Å²) in [6.45, 7) is 2.58. The van der Waals surface area contributed by atoms with E-state index in [1.807, 2.05) is 43.3 Å². The minimum atomic E-state index is 0.0699. The molecular weight excluding hydrogens is 296 g/mol. The first-order valence-electron chi connectivity index (χ1n) is 7.20. The Kier molecular flexibility index (Phi) is 4.27. The number of nitrogens with zero attached hydrogens (tertiary/aromatic N) is 1. The molecular formula is C18H17ClN2O. The lowest BCUT2D eigenvalue weighted by Crippen LogP contribution is -2.09. The molecule has 0 spiro atoms. The summed E-state index contributed by atoms with van der Waals surface area (Å²) in [6, 6.07) is 15.9. The Morgan fingerprint density at radius 1 is 1.14 bits per heavy atom. The molecule has 4 heteroatoms. The average Bonchev–Trinajstić information content (AvgIpc) is 2.54. The van der Waals surface area contributed by atoms with E-state index >= 15 is 0 Å². The van der Waals surface area contributed by atoms with Gasteiger partial charge in [0.25, 0.3) is 0 Å². The van der Waals surface area contributed by atoms with E-state index in [-0.39, 0.29) is 6.61 Å². The van der Waals surface area contributed by atoms with Gasteiger partial charge < -0.3 is 10.4 Å². The summed E-state index contributed by atoms with van der Waals surface area (Å²) in [4.78, 5) is 4.66. The zero-order valence-corrected chi connectivity index (χ0v) is 13.1. The van der Waals surface area contributed by atoms with Gasteiger partial charge in [-0.1, -0.05) is 41.9 Å². The molecule has 0 radical (unpaired) electrons. The molecule has 0 aliphatic heterocycles. The van der Waals surface area contributed by atoms with Crippen LogP contribution in [0, 0.1) is 6.92 Å². The summed E-state index contributed by atoms with van der Waals surface area (Å²) in [6.07, 6.45) is 0. The number of benzene rings is 2. The summed E-state index contributed by atoms with van der Waals surface area (Å²) < 4.78 is 0. The molecule has 0 aliphatic carbocycles. The fraction of sp³-hybridized carbons (Fsp3) is 0.167. The molecule has 3 nitrogen and oxygen atoms in total. The Morgan fingerprint density at radius 2 is 1.91 bits per heavy atom. The van der Waals surface area contributed by atoms with Crippen LogP contribution in [0.5, 0.6) is 0 Å². The predicted molar refractivity (Wildman–Crippen MR) is 92.5 cm³/mol. The van der Waals surface area contributed by atoms with Crippen LogP contribution in [-0.4, -0.2) is 23.2 Å². The van der Waals surface area contributed by atoms with Crippen molar-refractivity contribution in [3.05, 3.63) is 59.1 Å². The number of hydrogen-bond donors (Lipinski definition) is 2. The molecule has 1 heterocycles. The standard InChI is InChI=1S/C18H17ClN2O/c1-12-17(13-5-3-2-4-6-13)15-11-14(19)7-8-16(15)21-18(12)20-9-10-22/h2-8,11,22H,9-10H2,1H3,(H,20,21). The number of nitrogens with one attached hydrogen (secondary N) is 1. The lowest BCUT2D eigenvalue weighted by atomic mass is 9.96. The minimum Gasteiger partial charge on any atom is -0.395 e. The molecule has 0 atom stereocenters. The van der Waals surface area contributed by atoms with Gasteiger partial charge in [-0.05, 0) is 41.8 Å². The van der Waals surface area contributed by atoms with Crippen LogP contribution in [0.25, 0.3) is 22.0 Å². The highest BCUT2D eigenvalue weighted by atomic mass is 35.5. The Morgan fingerprint density at radius 3 is 2.64 bits per heavy atom. The molecule has 112 valence electrons. The number of fused-ring (bicyclic) bond motifs is 1. The minimum absolute atomic E-state index is 0.0699. The Hall–Kier alpha value is -2.10. The van der Waals surface area contributed by atoms with Gasteiger partial charge in [0.05, 0.1) is 12.1 Å². The van der Waals surface area contributed by atoms with Crippen molar-refractivity contribution < 1.29 is 5.11 Å². The van der Waals surface area contributed by atoms with E-state index in [1.165, 1.54) is 0 Å². The molecule has 0 aliphatic rings. The van der Waals surface area contributed by atoms with Gasteiger partial charge >= 0.3 is 0 Å². The first-order chi connectivity index (χ1) is 10.7. The first-order valence-corrected chi connectivity index (χ1v) is 7.58. The third-order valence-electron chi connectivity index (χ3n) is 3.66. The summed E-state index contributed by atoms with van der Waals surface area (Å²) in [5, 5.41) is 14.0.